The van der Waals surface area contributed by atoms with E-state index in [2.05, 4.69) is 17.4 Å². The Balaban J connectivity index is 1.48. The van der Waals surface area contributed by atoms with Gasteiger partial charge >= 0.3 is 0 Å². The molecule has 1 amide bonds. The summed E-state index contributed by atoms with van der Waals surface area (Å²) in [6, 6.07) is 14.9. The number of nitrogen functional groups attached to an aromatic ring is 1. The van der Waals surface area contributed by atoms with Gasteiger partial charge in [-0.2, -0.15) is 0 Å². The highest BCUT2D eigenvalue weighted by molar-refractivity contribution is 6.31. The summed E-state index contributed by atoms with van der Waals surface area (Å²) in [7, 11) is 0. The first kappa shape index (κ1) is 22.0. The molecule has 4 N–H and O–H groups in total. The van der Waals surface area contributed by atoms with Crippen molar-refractivity contribution in [1.29, 1.82) is 5.41 Å². The van der Waals surface area contributed by atoms with Crippen LogP contribution in [0.1, 0.15) is 55.2 Å². The Hall–Kier alpha value is -2.66. The first-order chi connectivity index (χ1) is 14.3. The molecule has 1 aliphatic rings. The Bertz CT molecular complexity index is 929. The van der Waals surface area contributed by atoms with Gasteiger partial charge in [0, 0.05) is 22.9 Å². The predicted molar refractivity (Wildman–Crippen MR) is 120 cm³/mol. The van der Waals surface area contributed by atoms with Gasteiger partial charge < -0.3 is 11.1 Å². The fourth-order valence-electron chi connectivity index (χ4n) is 4.05. The van der Waals surface area contributed by atoms with Gasteiger partial charge in [-0.05, 0) is 55.7 Å². The number of amides is 1. The van der Waals surface area contributed by atoms with Crippen molar-refractivity contribution in [2.24, 2.45) is 11.7 Å². The molecule has 0 aliphatic heterocycles. The molecule has 0 spiro atoms. The van der Waals surface area contributed by atoms with Gasteiger partial charge in [0.2, 0.25) is 5.91 Å². The quantitative estimate of drug-likeness (QED) is 0.436. The summed E-state index contributed by atoms with van der Waals surface area (Å²) < 4.78 is 0. The minimum Gasteiger partial charge on any atom is -0.384 e. The van der Waals surface area contributed by atoms with E-state index in [9.17, 15) is 9.59 Å². The molecule has 0 radical (unpaired) electrons. The van der Waals surface area contributed by atoms with Gasteiger partial charge in [-0.15, -0.1) is 0 Å². The van der Waals surface area contributed by atoms with Gasteiger partial charge in [0.1, 0.15) is 5.84 Å². The Kier molecular flexibility index (Phi) is 7.27. The highest BCUT2D eigenvalue weighted by Gasteiger charge is 2.31. The van der Waals surface area contributed by atoms with Crippen LogP contribution in [0.3, 0.4) is 0 Å². The molecule has 158 valence electrons. The zero-order valence-electron chi connectivity index (χ0n) is 17.2. The molecule has 0 unspecified atom stereocenters. The zero-order chi connectivity index (χ0) is 21.7. The molecule has 30 heavy (non-hydrogen) atoms. The first-order valence-electron chi connectivity index (χ1n) is 10.4. The lowest BCUT2D eigenvalue weighted by Gasteiger charge is -2.17. The number of aryl methyl sites for hydroxylation is 1. The number of rotatable bonds is 8. The molecular weight excluding hydrogens is 398 g/mol. The van der Waals surface area contributed by atoms with Crippen molar-refractivity contribution >= 4 is 29.1 Å². The van der Waals surface area contributed by atoms with Crippen LogP contribution in [0.2, 0.25) is 5.02 Å². The molecule has 1 fully saturated rings. The van der Waals surface area contributed by atoms with Gasteiger partial charge in [0.25, 0.3) is 0 Å². The lowest BCUT2D eigenvalue weighted by atomic mass is 9.96. The van der Waals surface area contributed by atoms with E-state index in [1.165, 1.54) is 5.56 Å². The van der Waals surface area contributed by atoms with Crippen LogP contribution in [0, 0.1) is 11.3 Å². The Morgan fingerprint density at radius 2 is 1.93 bits per heavy atom. The third kappa shape index (κ3) is 5.48. The standard InChI is InChI=1S/C24H28ClN3O2/c1-15(22(29)12-11-17-7-9-19(23(26)27)14-21(17)25)28-24(30)20-10-8-18(13-20)16-5-3-2-4-6-16/h2-7,9,14-15,18,20H,8,10-13H2,1H3,(H3,26,27)(H,28,30)/t15-,18+,20+/m0/s1. The van der Waals surface area contributed by atoms with Crippen LogP contribution in [0.4, 0.5) is 0 Å². The Morgan fingerprint density at radius 3 is 2.60 bits per heavy atom. The molecule has 5 nitrogen and oxygen atoms in total. The van der Waals surface area contributed by atoms with Crippen molar-refractivity contribution in [2.75, 3.05) is 0 Å². The number of carbonyl (C=O) groups excluding carboxylic acids is 2. The summed E-state index contributed by atoms with van der Waals surface area (Å²) in [5.41, 5.74) is 8.13. The molecule has 0 aromatic heterocycles. The van der Waals surface area contributed by atoms with Crippen molar-refractivity contribution in [1.82, 2.24) is 5.32 Å². The van der Waals surface area contributed by atoms with E-state index in [0.717, 1.165) is 24.8 Å². The van der Waals surface area contributed by atoms with Crippen molar-refractivity contribution in [2.45, 2.75) is 51.0 Å². The Labute approximate surface area is 182 Å². The summed E-state index contributed by atoms with van der Waals surface area (Å²) in [4.78, 5) is 25.2. The van der Waals surface area contributed by atoms with E-state index >= 15 is 0 Å². The molecule has 0 bridgehead atoms. The van der Waals surface area contributed by atoms with Crippen molar-refractivity contribution < 1.29 is 9.59 Å². The molecule has 6 heteroatoms. The molecule has 3 rings (SSSR count). The highest BCUT2D eigenvalue weighted by atomic mass is 35.5. The number of Topliss-reactive ketones (excluding diaryl/α,β-unsaturated/α-hetero) is 1. The summed E-state index contributed by atoms with van der Waals surface area (Å²) in [6.45, 7) is 1.74. The second-order valence-electron chi connectivity index (χ2n) is 8.03. The lowest BCUT2D eigenvalue weighted by Crippen LogP contribution is -2.41. The number of hydrogen-bond donors (Lipinski definition) is 3. The predicted octanol–water partition coefficient (Wildman–Crippen LogP) is 4.21. The van der Waals surface area contributed by atoms with Gasteiger partial charge in [-0.3, -0.25) is 15.0 Å². The maximum absolute atomic E-state index is 12.7. The largest absolute Gasteiger partial charge is 0.384 e. The number of halogens is 1. The maximum atomic E-state index is 12.7. The number of ketones is 1. The number of amidine groups is 1. The average molecular weight is 426 g/mol. The van der Waals surface area contributed by atoms with E-state index in [-0.39, 0.29) is 29.9 Å². The van der Waals surface area contributed by atoms with E-state index in [4.69, 9.17) is 22.7 Å². The van der Waals surface area contributed by atoms with Crippen LogP contribution in [0.15, 0.2) is 48.5 Å². The van der Waals surface area contributed by atoms with Crippen LogP contribution in [0.5, 0.6) is 0 Å². The van der Waals surface area contributed by atoms with Gasteiger partial charge in [-0.1, -0.05) is 54.1 Å². The summed E-state index contributed by atoms with van der Waals surface area (Å²) in [6.07, 6.45) is 3.45. The lowest BCUT2D eigenvalue weighted by molar-refractivity contribution is -0.129. The van der Waals surface area contributed by atoms with Crippen LogP contribution < -0.4 is 11.1 Å². The molecule has 2 aromatic rings. The third-order valence-electron chi connectivity index (χ3n) is 5.92. The van der Waals surface area contributed by atoms with Crippen LogP contribution in [-0.4, -0.2) is 23.6 Å². The summed E-state index contributed by atoms with van der Waals surface area (Å²) in [5, 5.41) is 10.8. The molecule has 1 saturated carbocycles. The van der Waals surface area contributed by atoms with E-state index in [0.29, 0.717) is 22.9 Å². The molecule has 0 heterocycles. The summed E-state index contributed by atoms with van der Waals surface area (Å²) in [5.74, 6) is 0.273. The molecule has 0 saturated heterocycles. The van der Waals surface area contributed by atoms with Crippen LogP contribution in [-0.2, 0) is 16.0 Å². The van der Waals surface area contributed by atoms with Crippen molar-refractivity contribution in [3.8, 4) is 0 Å². The highest BCUT2D eigenvalue weighted by Crippen LogP contribution is 2.38. The second-order valence-corrected chi connectivity index (χ2v) is 8.44. The maximum Gasteiger partial charge on any atom is 0.223 e. The molecule has 3 atom stereocenters. The molecular formula is C24H28ClN3O2. The van der Waals surface area contributed by atoms with Gasteiger partial charge in [0.15, 0.2) is 5.78 Å². The van der Waals surface area contributed by atoms with Crippen LogP contribution in [0.25, 0.3) is 0 Å². The molecule has 2 aromatic carbocycles. The SMILES string of the molecule is C[C@H](NC(=O)[C@@H]1CC[C@@H](c2ccccc2)C1)C(=O)CCc1ccc(C(=N)N)cc1Cl. The number of nitrogens with one attached hydrogen (secondary N) is 2. The third-order valence-corrected chi connectivity index (χ3v) is 6.27. The van der Waals surface area contributed by atoms with Gasteiger partial charge in [0.05, 0.1) is 6.04 Å². The fourth-order valence-corrected chi connectivity index (χ4v) is 4.33. The van der Waals surface area contributed by atoms with E-state index in [1.54, 1.807) is 25.1 Å². The monoisotopic (exact) mass is 425 g/mol. The number of carbonyl (C=O) groups is 2. The van der Waals surface area contributed by atoms with Gasteiger partial charge in [-0.25, -0.2) is 0 Å². The molecule has 1 aliphatic carbocycles. The Morgan fingerprint density at radius 1 is 1.20 bits per heavy atom. The fraction of sp³-hybridized carbons (Fsp3) is 0.375. The smallest absolute Gasteiger partial charge is 0.223 e. The van der Waals surface area contributed by atoms with Crippen molar-refractivity contribution in [3.05, 3.63) is 70.2 Å². The number of benzene rings is 2. The van der Waals surface area contributed by atoms with E-state index in [1.807, 2.05) is 18.2 Å². The van der Waals surface area contributed by atoms with E-state index < -0.39 is 6.04 Å². The normalized spacial score (nSPS) is 19.3. The summed E-state index contributed by atoms with van der Waals surface area (Å²) >= 11 is 6.24. The second kappa shape index (κ2) is 9.90. The minimum atomic E-state index is -0.524. The number of nitrogens with two attached hydrogens (primary N) is 1. The zero-order valence-corrected chi connectivity index (χ0v) is 17.9. The van der Waals surface area contributed by atoms with Crippen molar-refractivity contribution in [3.63, 3.8) is 0 Å². The first-order valence-corrected chi connectivity index (χ1v) is 10.7. The number of hydrogen-bond acceptors (Lipinski definition) is 3. The average Bonchev–Trinajstić information content (AvgIpc) is 3.23. The topological polar surface area (TPSA) is 96.0 Å². The minimum absolute atomic E-state index is 0.0207. The van der Waals surface area contributed by atoms with Crippen LogP contribution >= 0.6 is 11.6 Å².